The maximum Gasteiger partial charge on any atom is 0.344 e. The van der Waals surface area contributed by atoms with Crippen molar-refractivity contribution in [1.82, 2.24) is 0 Å². The molecule has 5 nitrogen and oxygen atoms in total. The van der Waals surface area contributed by atoms with Gasteiger partial charge in [0.1, 0.15) is 17.1 Å². The van der Waals surface area contributed by atoms with E-state index in [2.05, 4.69) is 0 Å². The predicted molar refractivity (Wildman–Crippen MR) is 96.6 cm³/mol. The van der Waals surface area contributed by atoms with Crippen LogP contribution in [-0.4, -0.2) is 27.9 Å². The molecule has 0 spiro atoms. The molecule has 0 N–H and O–H groups in total. The number of methoxy groups -OCH3 is 3. The second-order valence-electron chi connectivity index (χ2n) is 5.55. The molecule has 0 amide bonds. The van der Waals surface area contributed by atoms with Gasteiger partial charge in [0.15, 0.2) is 0 Å². The third-order valence-electron chi connectivity index (χ3n) is 4.15. The number of ether oxygens (including phenoxy) is 3. The Kier molecular flexibility index (Phi) is 5.05. The summed E-state index contributed by atoms with van der Waals surface area (Å²) in [6.07, 6.45) is 0.590. The van der Waals surface area contributed by atoms with Gasteiger partial charge in [0, 0.05) is 24.1 Å². The molecule has 2 aromatic carbocycles. The number of rotatable bonds is 6. The second-order valence-corrected chi connectivity index (χ2v) is 5.55. The maximum absolute atomic E-state index is 12.7. The number of para-hydroxylation sites is 1. The van der Waals surface area contributed by atoms with Gasteiger partial charge in [-0.05, 0) is 30.2 Å². The summed E-state index contributed by atoms with van der Waals surface area (Å²) in [5.74, 6) is 1.21. The number of hydrogen-bond donors (Lipinski definition) is 0. The summed E-state index contributed by atoms with van der Waals surface area (Å²) in [6, 6.07) is 12.9. The highest BCUT2D eigenvalue weighted by atomic mass is 16.5. The monoisotopic (exact) mass is 340 g/mol. The third-order valence-corrected chi connectivity index (χ3v) is 4.15. The third kappa shape index (κ3) is 3.23. The van der Waals surface area contributed by atoms with Crippen LogP contribution in [0.25, 0.3) is 22.1 Å². The van der Waals surface area contributed by atoms with Gasteiger partial charge in [-0.25, -0.2) is 4.79 Å². The Balaban J connectivity index is 2.32. The fraction of sp³-hybridized carbons (Fsp3) is 0.250. The molecular formula is C20H20O5. The predicted octanol–water partition coefficient (Wildman–Crippen LogP) is 3.67. The van der Waals surface area contributed by atoms with E-state index in [4.69, 9.17) is 18.6 Å². The molecule has 0 saturated heterocycles. The molecule has 3 aromatic rings. The van der Waals surface area contributed by atoms with Crippen LogP contribution < -0.4 is 15.1 Å². The molecule has 25 heavy (non-hydrogen) atoms. The lowest BCUT2D eigenvalue weighted by Crippen LogP contribution is -2.10. The van der Waals surface area contributed by atoms with Crippen molar-refractivity contribution >= 4 is 11.0 Å². The largest absolute Gasteiger partial charge is 0.497 e. The van der Waals surface area contributed by atoms with E-state index in [0.29, 0.717) is 41.2 Å². The van der Waals surface area contributed by atoms with E-state index in [-0.39, 0.29) is 0 Å². The van der Waals surface area contributed by atoms with Crippen LogP contribution >= 0.6 is 0 Å². The summed E-state index contributed by atoms with van der Waals surface area (Å²) >= 11 is 0. The molecule has 0 atom stereocenters. The molecule has 1 heterocycles. The first-order chi connectivity index (χ1) is 12.2. The standard InChI is InChI=1S/C20H20O5/c1-22-11-10-15-14-6-4-5-7-17(14)25-20(21)19(15)16-9-8-13(23-2)12-18(16)24-3/h4-9,12H,10-11H2,1-3H3. The van der Waals surface area contributed by atoms with Crippen LogP contribution in [0.5, 0.6) is 11.5 Å². The lowest BCUT2D eigenvalue weighted by Gasteiger charge is -2.15. The first-order valence-corrected chi connectivity index (χ1v) is 7.95. The Morgan fingerprint density at radius 2 is 1.80 bits per heavy atom. The van der Waals surface area contributed by atoms with Crippen LogP contribution in [0, 0.1) is 0 Å². The Labute approximate surface area is 145 Å². The average Bonchev–Trinajstić information content (AvgIpc) is 2.65. The summed E-state index contributed by atoms with van der Waals surface area (Å²) in [6.45, 7) is 0.499. The molecule has 1 aromatic heterocycles. The van der Waals surface area contributed by atoms with Gasteiger partial charge in [0.05, 0.1) is 26.4 Å². The average molecular weight is 340 g/mol. The summed E-state index contributed by atoms with van der Waals surface area (Å²) < 4.78 is 21.5. The van der Waals surface area contributed by atoms with Gasteiger partial charge in [0.25, 0.3) is 0 Å². The minimum absolute atomic E-state index is 0.395. The van der Waals surface area contributed by atoms with Crippen molar-refractivity contribution in [3.05, 3.63) is 58.4 Å². The van der Waals surface area contributed by atoms with Gasteiger partial charge in [-0.3, -0.25) is 0 Å². The Bertz CT molecular complexity index is 942. The summed E-state index contributed by atoms with van der Waals surface area (Å²) in [5.41, 5.74) is 2.23. The first kappa shape index (κ1) is 17.0. The lowest BCUT2D eigenvalue weighted by atomic mass is 9.95. The first-order valence-electron chi connectivity index (χ1n) is 7.95. The molecule has 3 rings (SSSR count). The second kappa shape index (κ2) is 7.40. The van der Waals surface area contributed by atoms with Crippen molar-refractivity contribution in [2.75, 3.05) is 27.9 Å². The van der Waals surface area contributed by atoms with Crippen LogP contribution in [0.1, 0.15) is 5.56 Å². The molecule has 0 aliphatic heterocycles. The number of fused-ring (bicyclic) bond motifs is 1. The van der Waals surface area contributed by atoms with Crippen molar-refractivity contribution in [3.8, 4) is 22.6 Å². The molecule has 0 unspecified atom stereocenters. The molecule has 0 aliphatic carbocycles. The van der Waals surface area contributed by atoms with Crippen LogP contribution in [0.4, 0.5) is 0 Å². The van der Waals surface area contributed by atoms with Gasteiger partial charge in [-0.1, -0.05) is 18.2 Å². The van der Waals surface area contributed by atoms with Gasteiger partial charge in [-0.15, -0.1) is 0 Å². The molecule has 130 valence electrons. The van der Waals surface area contributed by atoms with Gasteiger partial charge >= 0.3 is 5.63 Å². The zero-order chi connectivity index (χ0) is 17.8. The molecule has 0 radical (unpaired) electrons. The van der Waals surface area contributed by atoms with E-state index < -0.39 is 5.63 Å². The van der Waals surface area contributed by atoms with E-state index in [1.807, 2.05) is 24.3 Å². The SMILES string of the molecule is COCCc1c(-c2ccc(OC)cc2OC)c(=O)oc2ccccc12. The molecule has 5 heteroatoms. The maximum atomic E-state index is 12.7. The molecule has 0 aliphatic rings. The normalized spacial score (nSPS) is 10.8. The quantitative estimate of drug-likeness (QED) is 0.641. The van der Waals surface area contributed by atoms with Crippen molar-refractivity contribution in [2.24, 2.45) is 0 Å². The fourth-order valence-corrected chi connectivity index (χ4v) is 2.96. The highest BCUT2D eigenvalue weighted by Crippen LogP contribution is 2.36. The fourth-order valence-electron chi connectivity index (χ4n) is 2.96. The highest BCUT2D eigenvalue weighted by Gasteiger charge is 2.19. The van der Waals surface area contributed by atoms with Crippen molar-refractivity contribution in [3.63, 3.8) is 0 Å². The van der Waals surface area contributed by atoms with E-state index >= 15 is 0 Å². The number of hydrogen-bond acceptors (Lipinski definition) is 5. The molecular weight excluding hydrogens is 320 g/mol. The van der Waals surface area contributed by atoms with Gasteiger partial charge < -0.3 is 18.6 Å². The topological polar surface area (TPSA) is 57.9 Å². The van der Waals surface area contributed by atoms with Crippen LogP contribution in [-0.2, 0) is 11.2 Å². The number of benzene rings is 2. The Morgan fingerprint density at radius 1 is 1.00 bits per heavy atom. The minimum Gasteiger partial charge on any atom is -0.497 e. The zero-order valence-electron chi connectivity index (χ0n) is 14.5. The minimum atomic E-state index is -0.395. The lowest BCUT2D eigenvalue weighted by molar-refractivity contribution is 0.202. The van der Waals surface area contributed by atoms with Crippen LogP contribution in [0.3, 0.4) is 0 Å². The van der Waals surface area contributed by atoms with E-state index in [9.17, 15) is 4.79 Å². The summed E-state index contributed by atoms with van der Waals surface area (Å²) in [7, 11) is 4.79. The van der Waals surface area contributed by atoms with Crippen molar-refractivity contribution < 1.29 is 18.6 Å². The summed E-state index contributed by atoms with van der Waals surface area (Å²) in [5, 5.41) is 0.895. The zero-order valence-corrected chi connectivity index (χ0v) is 14.5. The van der Waals surface area contributed by atoms with Crippen molar-refractivity contribution in [2.45, 2.75) is 6.42 Å². The van der Waals surface area contributed by atoms with E-state index in [1.54, 1.807) is 39.5 Å². The van der Waals surface area contributed by atoms with Gasteiger partial charge in [-0.2, -0.15) is 0 Å². The smallest absolute Gasteiger partial charge is 0.344 e. The molecule has 0 saturated carbocycles. The highest BCUT2D eigenvalue weighted by molar-refractivity contribution is 5.88. The van der Waals surface area contributed by atoms with Crippen LogP contribution in [0.15, 0.2) is 51.7 Å². The van der Waals surface area contributed by atoms with Gasteiger partial charge in [0.2, 0.25) is 0 Å². The van der Waals surface area contributed by atoms with Crippen molar-refractivity contribution in [1.29, 1.82) is 0 Å². The van der Waals surface area contributed by atoms with E-state index in [0.717, 1.165) is 10.9 Å². The molecule has 0 bridgehead atoms. The summed E-state index contributed by atoms with van der Waals surface area (Å²) in [4.78, 5) is 12.7. The van der Waals surface area contributed by atoms with Crippen LogP contribution in [0.2, 0.25) is 0 Å². The Hall–Kier alpha value is -2.79. The van der Waals surface area contributed by atoms with E-state index in [1.165, 1.54) is 0 Å². The Morgan fingerprint density at radius 3 is 2.52 bits per heavy atom. The molecule has 0 fully saturated rings.